The largest absolute Gasteiger partial charge is 0.423 e. The minimum atomic E-state index is -0.470. The SMILES string of the molecule is O=C(Oc1cccc(N2C(=O)c3cccc4cccc(c34)C2=O)c1)C1=CCC=C1. The van der Waals surface area contributed by atoms with E-state index in [1.54, 1.807) is 54.6 Å². The lowest BCUT2D eigenvalue weighted by atomic mass is 9.94. The fourth-order valence-electron chi connectivity index (χ4n) is 3.73. The summed E-state index contributed by atoms with van der Waals surface area (Å²) in [7, 11) is 0. The van der Waals surface area contributed by atoms with Crippen LogP contribution in [0.1, 0.15) is 27.1 Å². The smallest absolute Gasteiger partial charge is 0.343 e. The zero-order chi connectivity index (χ0) is 20.0. The van der Waals surface area contributed by atoms with Crippen molar-refractivity contribution in [3.8, 4) is 5.75 Å². The Bertz CT molecular complexity index is 1220. The van der Waals surface area contributed by atoms with E-state index >= 15 is 0 Å². The Hall–Kier alpha value is -3.99. The molecule has 0 saturated heterocycles. The number of nitrogens with zero attached hydrogens (tertiary/aromatic N) is 1. The molecule has 5 rings (SSSR count). The minimum absolute atomic E-state index is 0.270. The van der Waals surface area contributed by atoms with E-state index in [2.05, 4.69) is 0 Å². The van der Waals surface area contributed by atoms with Gasteiger partial charge in [-0.3, -0.25) is 9.59 Å². The van der Waals surface area contributed by atoms with Gasteiger partial charge in [0.05, 0.1) is 11.3 Å². The van der Waals surface area contributed by atoms with E-state index < -0.39 is 17.8 Å². The topological polar surface area (TPSA) is 63.7 Å². The van der Waals surface area contributed by atoms with Gasteiger partial charge in [-0.2, -0.15) is 0 Å². The van der Waals surface area contributed by atoms with Gasteiger partial charge >= 0.3 is 5.97 Å². The summed E-state index contributed by atoms with van der Waals surface area (Å²) < 4.78 is 5.42. The molecule has 3 aromatic carbocycles. The summed E-state index contributed by atoms with van der Waals surface area (Å²) >= 11 is 0. The number of carbonyl (C=O) groups excluding carboxylic acids is 3. The van der Waals surface area contributed by atoms with Crippen LogP contribution in [0, 0.1) is 0 Å². The number of ether oxygens (including phenoxy) is 1. The average molecular weight is 381 g/mol. The fourth-order valence-corrected chi connectivity index (χ4v) is 3.73. The van der Waals surface area contributed by atoms with Gasteiger partial charge in [-0.25, -0.2) is 9.69 Å². The molecule has 3 aromatic rings. The first-order valence-corrected chi connectivity index (χ1v) is 9.23. The summed E-state index contributed by atoms with van der Waals surface area (Å²) in [5, 5.41) is 1.52. The van der Waals surface area contributed by atoms with Crippen LogP contribution in [0.3, 0.4) is 0 Å². The minimum Gasteiger partial charge on any atom is -0.423 e. The van der Waals surface area contributed by atoms with Crippen LogP contribution in [0.5, 0.6) is 5.75 Å². The lowest BCUT2D eigenvalue weighted by Crippen LogP contribution is -2.40. The van der Waals surface area contributed by atoms with Crippen molar-refractivity contribution in [1.82, 2.24) is 0 Å². The van der Waals surface area contributed by atoms with Crippen LogP contribution in [0.25, 0.3) is 10.8 Å². The Labute approximate surface area is 166 Å². The third kappa shape index (κ3) is 2.75. The van der Waals surface area contributed by atoms with Crippen LogP contribution in [0.2, 0.25) is 0 Å². The molecular formula is C24H15NO4. The van der Waals surface area contributed by atoms with E-state index in [9.17, 15) is 14.4 Å². The molecule has 0 N–H and O–H groups in total. The lowest BCUT2D eigenvalue weighted by Gasteiger charge is -2.27. The van der Waals surface area contributed by atoms with E-state index in [-0.39, 0.29) is 5.75 Å². The molecule has 0 atom stereocenters. The van der Waals surface area contributed by atoms with Gasteiger partial charge in [0.1, 0.15) is 5.75 Å². The Morgan fingerprint density at radius 3 is 2.24 bits per heavy atom. The van der Waals surface area contributed by atoms with Crippen molar-refractivity contribution in [2.75, 3.05) is 4.90 Å². The Morgan fingerprint density at radius 1 is 0.897 bits per heavy atom. The van der Waals surface area contributed by atoms with Crippen molar-refractivity contribution in [1.29, 1.82) is 0 Å². The number of allylic oxidation sites excluding steroid dienone is 2. The number of anilines is 1. The maximum atomic E-state index is 13.1. The van der Waals surface area contributed by atoms with Gasteiger partial charge in [0.25, 0.3) is 11.8 Å². The lowest BCUT2D eigenvalue weighted by molar-refractivity contribution is -0.129. The van der Waals surface area contributed by atoms with E-state index in [1.807, 2.05) is 18.2 Å². The quantitative estimate of drug-likeness (QED) is 0.382. The molecule has 1 aliphatic heterocycles. The van der Waals surface area contributed by atoms with Gasteiger partial charge < -0.3 is 4.74 Å². The molecule has 5 nitrogen and oxygen atoms in total. The number of benzene rings is 3. The number of hydrogen-bond acceptors (Lipinski definition) is 4. The molecule has 0 unspecified atom stereocenters. The number of imide groups is 1. The van der Waals surface area contributed by atoms with Gasteiger partial charge in [-0.05, 0) is 36.1 Å². The Balaban J connectivity index is 1.53. The number of amides is 2. The summed E-state index contributed by atoms with van der Waals surface area (Å²) in [6, 6.07) is 17.2. The number of rotatable bonds is 3. The predicted molar refractivity (Wildman–Crippen MR) is 109 cm³/mol. The van der Waals surface area contributed by atoms with Crippen molar-refractivity contribution < 1.29 is 19.1 Å². The summed E-state index contributed by atoms with van der Waals surface area (Å²) in [4.78, 5) is 39.6. The summed E-state index contributed by atoms with van der Waals surface area (Å²) in [5.74, 6) is -0.998. The molecule has 1 aliphatic carbocycles. The molecule has 0 fully saturated rings. The zero-order valence-electron chi connectivity index (χ0n) is 15.3. The van der Waals surface area contributed by atoms with Gasteiger partial charge in [0.15, 0.2) is 0 Å². The molecule has 29 heavy (non-hydrogen) atoms. The summed E-state index contributed by atoms with van der Waals surface area (Å²) in [6.07, 6.45) is 6.06. The van der Waals surface area contributed by atoms with Crippen LogP contribution in [0.15, 0.2) is 84.5 Å². The first-order chi connectivity index (χ1) is 14.1. The van der Waals surface area contributed by atoms with E-state index in [0.717, 1.165) is 10.3 Å². The number of hydrogen-bond donors (Lipinski definition) is 0. The average Bonchev–Trinajstić information content (AvgIpc) is 3.27. The second kappa shape index (κ2) is 6.56. The van der Waals surface area contributed by atoms with Crippen molar-refractivity contribution in [3.63, 3.8) is 0 Å². The van der Waals surface area contributed by atoms with Gasteiger partial charge in [-0.15, -0.1) is 0 Å². The van der Waals surface area contributed by atoms with Gasteiger partial charge in [0, 0.05) is 22.6 Å². The first-order valence-electron chi connectivity index (χ1n) is 9.23. The number of carbonyl (C=O) groups is 3. The highest BCUT2D eigenvalue weighted by atomic mass is 16.5. The summed E-state index contributed by atoms with van der Waals surface area (Å²) in [6.45, 7) is 0. The predicted octanol–water partition coefficient (Wildman–Crippen LogP) is 4.43. The zero-order valence-corrected chi connectivity index (χ0v) is 15.3. The van der Waals surface area contributed by atoms with Gasteiger partial charge in [0.2, 0.25) is 0 Å². The molecule has 2 amide bonds. The molecule has 0 bridgehead atoms. The standard InChI is InChI=1S/C24H15NO4/c26-22-19-12-3-8-15-9-4-13-20(21(15)19)23(27)25(22)17-10-5-11-18(14-17)29-24(28)16-6-1-2-7-16/h1,3-14H,2H2. The third-order valence-electron chi connectivity index (χ3n) is 5.07. The van der Waals surface area contributed by atoms with Crippen molar-refractivity contribution in [2.24, 2.45) is 0 Å². The van der Waals surface area contributed by atoms with Crippen molar-refractivity contribution in [2.45, 2.75) is 6.42 Å². The van der Waals surface area contributed by atoms with Crippen molar-refractivity contribution >= 4 is 34.2 Å². The Morgan fingerprint density at radius 2 is 1.59 bits per heavy atom. The van der Waals surface area contributed by atoms with Crippen molar-refractivity contribution in [3.05, 3.63) is 95.6 Å². The van der Waals surface area contributed by atoms with E-state index in [0.29, 0.717) is 34.2 Å². The molecule has 0 saturated carbocycles. The molecule has 0 aromatic heterocycles. The van der Waals surface area contributed by atoms with Crippen LogP contribution >= 0.6 is 0 Å². The maximum Gasteiger partial charge on any atom is 0.343 e. The van der Waals surface area contributed by atoms with Gasteiger partial charge in [-0.1, -0.05) is 48.6 Å². The normalized spacial score (nSPS) is 15.0. The first kappa shape index (κ1) is 17.1. The van der Waals surface area contributed by atoms with Crippen LogP contribution in [0.4, 0.5) is 5.69 Å². The molecule has 1 heterocycles. The molecule has 2 aliphatic rings. The highest BCUT2D eigenvalue weighted by molar-refractivity contribution is 6.35. The Kier molecular flexibility index (Phi) is 3.88. The van der Waals surface area contributed by atoms with Crippen LogP contribution in [-0.2, 0) is 4.79 Å². The monoisotopic (exact) mass is 381 g/mol. The van der Waals surface area contributed by atoms with Crippen LogP contribution < -0.4 is 9.64 Å². The second-order valence-corrected chi connectivity index (χ2v) is 6.84. The molecule has 140 valence electrons. The highest BCUT2D eigenvalue weighted by Gasteiger charge is 2.34. The fraction of sp³-hybridized carbons (Fsp3) is 0.0417. The molecular weight excluding hydrogens is 366 g/mol. The third-order valence-corrected chi connectivity index (χ3v) is 5.07. The molecule has 5 heteroatoms. The number of esters is 1. The second-order valence-electron chi connectivity index (χ2n) is 6.84. The van der Waals surface area contributed by atoms with E-state index in [4.69, 9.17) is 4.74 Å². The molecule has 0 radical (unpaired) electrons. The van der Waals surface area contributed by atoms with Crippen LogP contribution in [-0.4, -0.2) is 17.8 Å². The van der Waals surface area contributed by atoms with E-state index in [1.165, 1.54) is 6.07 Å². The highest BCUT2D eigenvalue weighted by Crippen LogP contribution is 2.33. The molecule has 0 spiro atoms. The summed E-state index contributed by atoms with van der Waals surface area (Å²) in [5.41, 5.74) is 1.79. The maximum absolute atomic E-state index is 13.1.